The summed E-state index contributed by atoms with van der Waals surface area (Å²) in [6, 6.07) is 72.7. The SMILES string of the molecule is c1ccc(B2N(c3ccccc3)B(c3ccccc3)N(c3ccnc(-n4c5ccccc5n5c6ccccc6nc45)n3)B(c3ccccc3)N2c2ccccc2)cc1. The van der Waals surface area contributed by atoms with E-state index in [1.54, 1.807) is 0 Å². The van der Waals surface area contributed by atoms with Crippen LogP contribution in [-0.4, -0.2) is 44.9 Å². The van der Waals surface area contributed by atoms with Gasteiger partial charge < -0.3 is 14.2 Å². The van der Waals surface area contributed by atoms with Crippen molar-refractivity contribution < 1.29 is 0 Å². The average Bonchev–Trinajstić information content (AvgIpc) is 3.84. The van der Waals surface area contributed by atoms with Crippen LogP contribution in [0, 0.1) is 0 Å². The number of hydrogen-bond donors (Lipinski definition) is 0. The minimum absolute atomic E-state index is 0.232. The van der Waals surface area contributed by atoms with Crippen LogP contribution in [0.25, 0.3) is 33.8 Å². The van der Waals surface area contributed by atoms with Crippen LogP contribution in [0.5, 0.6) is 0 Å². The standard InChI is InChI=1S/C47H35B3N8/c1-6-20-36(21-7-1)48-56(39-26-12-4-13-27-39)49(37-22-8-2-9-23-37)58(50(38-24-10-3-11-25-38)57(48)40-28-14-5-15-29-40)45-34-35-51-46(53-45)55-44-33-19-18-32-43(44)54-42-31-17-16-30-41(42)52-47(54)55/h1-35H. The van der Waals surface area contributed by atoms with Crippen molar-refractivity contribution in [2.45, 2.75) is 0 Å². The Morgan fingerprint density at radius 3 is 1.33 bits per heavy atom. The molecule has 11 heteroatoms. The lowest BCUT2D eigenvalue weighted by Crippen LogP contribution is -2.86. The first-order valence-electron chi connectivity index (χ1n) is 19.6. The summed E-state index contributed by atoms with van der Waals surface area (Å²) < 4.78 is 11.9. The fourth-order valence-corrected chi connectivity index (χ4v) is 8.80. The van der Waals surface area contributed by atoms with E-state index in [-0.39, 0.29) is 20.9 Å². The topological polar surface area (TPSA) is 57.7 Å². The molecule has 7 aromatic carbocycles. The summed E-state index contributed by atoms with van der Waals surface area (Å²) in [5.41, 5.74) is 9.58. The molecule has 1 aliphatic heterocycles. The third-order valence-corrected chi connectivity index (χ3v) is 11.2. The summed E-state index contributed by atoms with van der Waals surface area (Å²) in [5, 5.41) is 0. The average molecular weight is 744 g/mol. The monoisotopic (exact) mass is 744 g/mol. The molecule has 8 nitrogen and oxygen atoms in total. The quantitative estimate of drug-likeness (QED) is 0.161. The second kappa shape index (κ2) is 14.2. The molecule has 0 bridgehead atoms. The summed E-state index contributed by atoms with van der Waals surface area (Å²) in [5.74, 6) is 2.08. The summed E-state index contributed by atoms with van der Waals surface area (Å²) in [4.78, 5) is 15.7. The van der Waals surface area contributed by atoms with Crippen LogP contribution in [0.1, 0.15) is 0 Å². The van der Waals surface area contributed by atoms with Gasteiger partial charge in [-0.1, -0.05) is 152 Å². The highest BCUT2D eigenvalue weighted by atomic mass is 15.4. The van der Waals surface area contributed by atoms with Crippen LogP contribution in [-0.2, 0) is 0 Å². The van der Waals surface area contributed by atoms with Crippen molar-refractivity contribution >= 4 is 82.4 Å². The molecule has 0 spiro atoms. The molecule has 0 amide bonds. The third-order valence-electron chi connectivity index (χ3n) is 11.2. The lowest BCUT2D eigenvalue weighted by Gasteiger charge is -2.56. The molecule has 0 saturated carbocycles. The van der Waals surface area contributed by atoms with Crippen molar-refractivity contribution in [1.82, 2.24) is 23.9 Å². The van der Waals surface area contributed by atoms with Crippen molar-refractivity contribution in [2.24, 2.45) is 0 Å². The van der Waals surface area contributed by atoms with Gasteiger partial charge in [0.1, 0.15) is 5.82 Å². The fourth-order valence-electron chi connectivity index (χ4n) is 8.80. The second-order valence-electron chi connectivity index (χ2n) is 14.5. The first-order chi connectivity index (χ1) is 28.8. The molecule has 4 heterocycles. The Morgan fingerprint density at radius 1 is 0.362 bits per heavy atom. The van der Waals surface area contributed by atoms with Gasteiger partial charge in [0.05, 0.1) is 22.1 Å². The van der Waals surface area contributed by atoms with Crippen LogP contribution in [0.4, 0.5) is 17.2 Å². The maximum absolute atomic E-state index is 5.59. The van der Waals surface area contributed by atoms with Crippen LogP contribution in [0.15, 0.2) is 212 Å². The molecule has 0 unspecified atom stereocenters. The van der Waals surface area contributed by atoms with Gasteiger partial charge in [-0.25, -0.2) is 14.5 Å². The Kier molecular flexibility index (Phi) is 8.28. The number of aromatic nitrogens is 5. The van der Waals surface area contributed by atoms with Gasteiger partial charge in [0, 0.05) is 17.6 Å². The number of nitrogens with zero attached hydrogens (tertiary/aromatic N) is 8. The molecular formula is C47H35B3N8. The van der Waals surface area contributed by atoms with Crippen LogP contribution in [0.2, 0.25) is 0 Å². The summed E-state index contributed by atoms with van der Waals surface area (Å²) in [6.07, 6.45) is 1.89. The van der Waals surface area contributed by atoms with Gasteiger partial charge in [0.25, 0.3) is 0 Å². The van der Waals surface area contributed by atoms with E-state index in [0.717, 1.165) is 56.0 Å². The Balaban J connectivity index is 1.22. The highest BCUT2D eigenvalue weighted by Gasteiger charge is 2.56. The number of hydrogen-bond acceptors (Lipinski definition) is 6. The number of fused-ring (bicyclic) bond motifs is 5. The lowest BCUT2D eigenvalue weighted by atomic mass is 9.37. The van der Waals surface area contributed by atoms with Gasteiger partial charge in [-0.05, 0) is 71.0 Å². The van der Waals surface area contributed by atoms with Crippen molar-refractivity contribution in [2.75, 3.05) is 14.2 Å². The zero-order chi connectivity index (χ0) is 38.4. The minimum atomic E-state index is -0.322. The number of rotatable bonds is 7. The Morgan fingerprint density at radius 2 is 0.793 bits per heavy atom. The summed E-state index contributed by atoms with van der Waals surface area (Å²) >= 11 is 0. The van der Waals surface area contributed by atoms with E-state index in [0.29, 0.717) is 5.95 Å². The third kappa shape index (κ3) is 5.54. The molecule has 3 aromatic heterocycles. The van der Waals surface area contributed by atoms with E-state index in [1.165, 1.54) is 5.46 Å². The second-order valence-corrected chi connectivity index (χ2v) is 14.5. The van der Waals surface area contributed by atoms with E-state index in [9.17, 15) is 0 Å². The smallest absolute Gasteiger partial charge is 0.390 e. The van der Waals surface area contributed by atoms with Crippen molar-refractivity contribution in [3.05, 3.63) is 212 Å². The Bertz CT molecular complexity index is 2910. The summed E-state index contributed by atoms with van der Waals surface area (Å²) in [6.45, 7) is -0.876. The fraction of sp³-hybridized carbons (Fsp3) is 0. The molecule has 272 valence electrons. The van der Waals surface area contributed by atoms with Crippen LogP contribution in [0.3, 0.4) is 0 Å². The molecule has 1 saturated heterocycles. The number of para-hydroxylation sites is 6. The number of benzene rings is 7. The molecular weight excluding hydrogens is 709 g/mol. The van der Waals surface area contributed by atoms with Crippen molar-refractivity contribution in [3.8, 4) is 5.95 Å². The first-order valence-corrected chi connectivity index (χ1v) is 19.6. The van der Waals surface area contributed by atoms with Crippen molar-refractivity contribution in [1.29, 1.82) is 0 Å². The van der Waals surface area contributed by atoms with Crippen LogP contribution < -0.4 is 30.6 Å². The Hall–Kier alpha value is -7.52. The van der Waals surface area contributed by atoms with Crippen molar-refractivity contribution in [3.63, 3.8) is 0 Å². The molecule has 58 heavy (non-hydrogen) atoms. The molecule has 0 N–H and O–H groups in total. The van der Waals surface area contributed by atoms with Gasteiger partial charge in [-0.15, -0.1) is 0 Å². The highest BCUT2D eigenvalue weighted by Crippen LogP contribution is 2.34. The largest absolute Gasteiger partial charge is 0.416 e. The van der Waals surface area contributed by atoms with E-state index in [2.05, 4.69) is 223 Å². The van der Waals surface area contributed by atoms with E-state index >= 15 is 0 Å². The number of anilines is 3. The van der Waals surface area contributed by atoms with Gasteiger partial charge in [0.15, 0.2) is 0 Å². The molecule has 0 radical (unpaired) electrons. The van der Waals surface area contributed by atoms with Gasteiger partial charge in [0.2, 0.25) is 11.7 Å². The zero-order valence-corrected chi connectivity index (χ0v) is 31.5. The highest BCUT2D eigenvalue weighted by molar-refractivity contribution is 7.14. The molecule has 11 rings (SSSR count). The zero-order valence-electron chi connectivity index (χ0n) is 31.5. The summed E-state index contributed by atoms with van der Waals surface area (Å²) in [7, 11) is 0. The minimum Gasteiger partial charge on any atom is -0.416 e. The van der Waals surface area contributed by atoms with Gasteiger partial charge in [-0.3, -0.25) is 4.40 Å². The Labute approximate surface area is 337 Å². The lowest BCUT2D eigenvalue weighted by molar-refractivity contribution is 0.963. The van der Waals surface area contributed by atoms with E-state index in [4.69, 9.17) is 15.0 Å². The van der Waals surface area contributed by atoms with E-state index in [1.807, 2.05) is 12.3 Å². The molecule has 0 atom stereocenters. The van der Waals surface area contributed by atoms with Crippen LogP contribution >= 0.6 is 0 Å². The molecule has 10 aromatic rings. The predicted octanol–water partition coefficient (Wildman–Crippen LogP) is 7.24. The van der Waals surface area contributed by atoms with Gasteiger partial charge >= 0.3 is 20.9 Å². The predicted molar refractivity (Wildman–Crippen MR) is 241 cm³/mol. The molecule has 0 aliphatic carbocycles. The first kappa shape index (κ1) is 33.8. The number of imidazole rings is 2. The normalized spacial score (nSPS) is 13.3. The maximum atomic E-state index is 5.59. The van der Waals surface area contributed by atoms with Gasteiger partial charge in [-0.2, -0.15) is 4.98 Å². The maximum Gasteiger partial charge on any atom is 0.390 e. The van der Waals surface area contributed by atoms with E-state index < -0.39 is 0 Å². The molecule has 1 aliphatic rings. The molecule has 1 fully saturated rings.